The van der Waals surface area contributed by atoms with E-state index in [0.29, 0.717) is 19.8 Å². The molecule has 1 aliphatic rings. The van der Waals surface area contributed by atoms with E-state index < -0.39 is 0 Å². The Kier molecular flexibility index (Phi) is 6.24. The number of rotatable bonds is 7. The van der Waals surface area contributed by atoms with Gasteiger partial charge in [0.15, 0.2) is 0 Å². The highest BCUT2D eigenvalue weighted by Gasteiger charge is 2.19. The lowest BCUT2D eigenvalue weighted by atomic mass is 10.1. The number of nitrogens with one attached hydrogen (secondary N) is 2. The number of carbonyl (C=O) groups is 1. The first kappa shape index (κ1) is 15.5. The maximum atomic E-state index is 11.7. The van der Waals surface area contributed by atoms with Crippen LogP contribution in [0.4, 0.5) is 4.79 Å². The van der Waals surface area contributed by atoms with Gasteiger partial charge in [-0.15, -0.1) is 0 Å². The Balaban J connectivity index is 1.53. The van der Waals surface area contributed by atoms with E-state index >= 15 is 0 Å². The van der Waals surface area contributed by atoms with Gasteiger partial charge in [-0.05, 0) is 12.0 Å². The predicted octanol–water partition coefficient (Wildman–Crippen LogP) is 1.44. The van der Waals surface area contributed by atoms with Gasteiger partial charge in [-0.25, -0.2) is 4.79 Å². The Bertz CT molecular complexity index is 462. The van der Waals surface area contributed by atoms with Crippen molar-refractivity contribution in [3.05, 3.63) is 48.0 Å². The van der Waals surface area contributed by atoms with Gasteiger partial charge in [-0.3, -0.25) is 0 Å². The van der Waals surface area contributed by atoms with Crippen LogP contribution in [0.15, 0.2) is 42.5 Å². The summed E-state index contributed by atoms with van der Waals surface area (Å²) in [5.41, 5.74) is 1.12. The van der Waals surface area contributed by atoms with Gasteiger partial charge in [-0.1, -0.05) is 42.5 Å². The van der Waals surface area contributed by atoms with E-state index in [-0.39, 0.29) is 24.6 Å². The Hall–Kier alpha value is -1.85. The van der Waals surface area contributed by atoms with Crippen molar-refractivity contribution >= 4 is 6.03 Å². The molecule has 0 fully saturated rings. The first-order valence-corrected chi connectivity index (χ1v) is 7.23. The number of ether oxygens (including phenoxy) is 1. The molecular weight excluding hydrogens is 268 g/mol. The number of hydrogen-bond donors (Lipinski definition) is 3. The second-order valence-electron chi connectivity index (χ2n) is 5.11. The molecule has 0 bridgehead atoms. The normalized spacial score (nSPS) is 20.4. The molecule has 5 heteroatoms. The number of aliphatic hydroxyl groups is 1. The largest absolute Gasteiger partial charge is 0.396 e. The smallest absolute Gasteiger partial charge is 0.315 e. The zero-order valence-electron chi connectivity index (χ0n) is 12.0. The van der Waals surface area contributed by atoms with Crippen LogP contribution < -0.4 is 10.6 Å². The van der Waals surface area contributed by atoms with Crippen molar-refractivity contribution in [3.8, 4) is 0 Å². The SMILES string of the molecule is O=C(NCCOCc1ccccc1)N[C@@H]1C=C[C@H](CO)C1. The summed E-state index contributed by atoms with van der Waals surface area (Å²) in [5.74, 6) is 0.157. The van der Waals surface area contributed by atoms with Gasteiger partial charge in [0.05, 0.1) is 13.2 Å². The summed E-state index contributed by atoms with van der Waals surface area (Å²) < 4.78 is 5.48. The van der Waals surface area contributed by atoms with Crippen LogP contribution in [0.1, 0.15) is 12.0 Å². The average Bonchev–Trinajstić information content (AvgIpc) is 2.95. The van der Waals surface area contributed by atoms with E-state index in [1.165, 1.54) is 0 Å². The molecule has 0 aliphatic heterocycles. The van der Waals surface area contributed by atoms with E-state index in [1.807, 2.05) is 42.5 Å². The first-order valence-electron chi connectivity index (χ1n) is 7.23. The molecule has 114 valence electrons. The van der Waals surface area contributed by atoms with Crippen molar-refractivity contribution in [1.29, 1.82) is 0 Å². The molecule has 0 aromatic heterocycles. The number of amides is 2. The molecule has 21 heavy (non-hydrogen) atoms. The van der Waals surface area contributed by atoms with Crippen molar-refractivity contribution in [1.82, 2.24) is 10.6 Å². The van der Waals surface area contributed by atoms with Crippen LogP contribution in [-0.4, -0.2) is 36.9 Å². The molecule has 1 aromatic carbocycles. The minimum Gasteiger partial charge on any atom is -0.396 e. The molecule has 2 rings (SSSR count). The van der Waals surface area contributed by atoms with Gasteiger partial charge in [0, 0.05) is 25.1 Å². The van der Waals surface area contributed by atoms with Crippen LogP contribution in [0.3, 0.4) is 0 Å². The first-order chi connectivity index (χ1) is 10.3. The maximum Gasteiger partial charge on any atom is 0.315 e. The lowest BCUT2D eigenvalue weighted by molar-refractivity contribution is 0.123. The van der Waals surface area contributed by atoms with Crippen LogP contribution in [0.5, 0.6) is 0 Å². The standard InChI is InChI=1S/C16H22N2O3/c19-11-14-6-7-15(10-14)18-16(20)17-8-9-21-12-13-4-2-1-3-5-13/h1-7,14-15,19H,8-12H2,(H2,17,18,20)/t14-,15+/m0/s1. The summed E-state index contributed by atoms with van der Waals surface area (Å²) in [4.78, 5) is 11.7. The van der Waals surface area contributed by atoms with E-state index in [1.54, 1.807) is 0 Å². The summed E-state index contributed by atoms with van der Waals surface area (Å²) in [6.07, 6.45) is 4.62. The molecule has 0 saturated heterocycles. The van der Waals surface area contributed by atoms with Crippen molar-refractivity contribution in [2.45, 2.75) is 19.1 Å². The molecule has 0 saturated carbocycles. The molecule has 2 atom stereocenters. The molecule has 1 aliphatic carbocycles. The molecule has 3 N–H and O–H groups in total. The van der Waals surface area contributed by atoms with Gasteiger partial charge in [0.25, 0.3) is 0 Å². The Labute approximate surface area is 125 Å². The highest BCUT2D eigenvalue weighted by molar-refractivity contribution is 5.74. The third kappa shape index (κ3) is 5.57. The summed E-state index contributed by atoms with van der Waals surface area (Å²) in [5, 5.41) is 14.6. The Morgan fingerprint density at radius 2 is 2.10 bits per heavy atom. The van der Waals surface area contributed by atoms with Gasteiger partial charge in [-0.2, -0.15) is 0 Å². The van der Waals surface area contributed by atoms with Gasteiger partial charge in [0.2, 0.25) is 0 Å². The average molecular weight is 290 g/mol. The predicted molar refractivity (Wildman–Crippen MR) is 80.8 cm³/mol. The van der Waals surface area contributed by atoms with Crippen LogP contribution in [0.2, 0.25) is 0 Å². The minimum atomic E-state index is -0.202. The summed E-state index contributed by atoms with van der Waals surface area (Å²) >= 11 is 0. The number of aliphatic hydroxyl groups excluding tert-OH is 1. The van der Waals surface area contributed by atoms with Crippen molar-refractivity contribution in [2.24, 2.45) is 5.92 Å². The molecule has 1 aromatic rings. The lowest BCUT2D eigenvalue weighted by Gasteiger charge is -2.13. The van der Waals surface area contributed by atoms with Crippen LogP contribution in [0, 0.1) is 5.92 Å². The van der Waals surface area contributed by atoms with Gasteiger partial charge >= 0.3 is 6.03 Å². The van der Waals surface area contributed by atoms with Crippen LogP contribution >= 0.6 is 0 Å². The number of hydrogen-bond acceptors (Lipinski definition) is 3. The number of urea groups is 1. The molecule has 0 unspecified atom stereocenters. The molecule has 2 amide bonds. The van der Waals surface area contributed by atoms with Crippen molar-refractivity contribution in [2.75, 3.05) is 19.8 Å². The lowest BCUT2D eigenvalue weighted by Crippen LogP contribution is -2.42. The zero-order chi connectivity index (χ0) is 14.9. The quantitative estimate of drug-likeness (QED) is 0.525. The molecule has 0 radical (unpaired) electrons. The van der Waals surface area contributed by atoms with Crippen molar-refractivity contribution in [3.63, 3.8) is 0 Å². The van der Waals surface area contributed by atoms with Gasteiger partial charge < -0.3 is 20.5 Å². The van der Waals surface area contributed by atoms with E-state index in [0.717, 1.165) is 12.0 Å². The molecule has 5 nitrogen and oxygen atoms in total. The second-order valence-corrected chi connectivity index (χ2v) is 5.11. The monoisotopic (exact) mass is 290 g/mol. The molecule has 0 spiro atoms. The Morgan fingerprint density at radius 3 is 2.81 bits per heavy atom. The van der Waals surface area contributed by atoms with E-state index in [4.69, 9.17) is 9.84 Å². The van der Waals surface area contributed by atoms with Gasteiger partial charge in [0.1, 0.15) is 0 Å². The maximum absolute atomic E-state index is 11.7. The minimum absolute atomic E-state index is 0.00684. The number of carbonyl (C=O) groups excluding carboxylic acids is 1. The fraction of sp³-hybridized carbons (Fsp3) is 0.438. The summed E-state index contributed by atoms with van der Waals surface area (Å²) in [6, 6.07) is 9.72. The summed E-state index contributed by atoms with van der Waals surface area (Å²) in [7, 11) is 0. The molecular formula is C16H22N2O3. The zero-order valence-corrected chi connectivity index (χ0v) is 12.0. The second kappa shape index (κ2) is 8.44. The van der Waals surface area contributed by atoms with E-state index in [2.05, 4.69) is 10.6 Å². The van der Waals surface area contributed by atoms with Crippen LogP contribution in [0.25, 0.3) is 0 Å². The van der Waals surface area contributed by atoms with Crippen LogP contribution in [-0.2, 0) is 11.3 Å². The fourth-order valence-electron chi connectivity index (χ4n) is 2.24. The van der Waals surface area contributed by atoms with E-state index in [9.17, 15) is 4.79 Å². The number of benzene rings is 1. The topological polar surface area (TPSA) is 70.6 Å². The highest BCUT2D eigenvalue weighted by atomic mass is 16.5. The molecule has 0 heterocycles. The summed E-state index contributed by atoms with van der Waals surface area (Å²) in [6.45, 7) is 1.62. The highest BCUT2D eigenvalue weighted by Crippen LogP contribution is 2.16. The third-order valence-electron chi connectivity index (χ3n) is 3.37. The Morgan fingerprint density at radius 1 is 1.29 bits per heavy atom. The fourth-order valence-corrected chi connectivity index (χ4v) is 2.24. The van der Waals surface area contributed by atoms with Crippen molar-refractivity contribution < 1.29 is 14.6 Å². The third-order valence-corrected chi connectivity index (χ3v) is 3.37.